The van der Waals surface area contributed by atoms with Gasteiger partial charge in [-0.15, -0.1) is 11.3 Å². The fourth-order valence-electron chi connectivity index (χ4n) is 5.71. The van der Waals surface area contributed by atoms with Crippen LogP contribution in [0.4, 0.5) is 13.2 Å². The number of amides is 1. The number of pyridine rings is 1. The summed E-state index contributed by atoms with van der Waals surface area (Å²) in [7, 11) is 0. The first kappa shape index (κ1) is 28.4. The van der Waals surface area contributed by atoms with Crippen LogP contribution in [0.3, 0.4) is 0 Å². The summed E-state index contributed by atoms with van der Waals surface area (Å²) in [5.41, 5.74) is 2.87. The Morgan fingerprint density at radius 2 is 1.95 bits per heavy atom. The summed E-state index contributed by atoms with van der Waals surface area (Å²) in [6, 6.07) is 14.1. The van der Waals surface area contributed by atoms with Gasteiger partial charge in [0.2, 0.25) is 5.91 Å². The van der Waals surface area contributed by atoms with E-state index in [-0.39, 0.29) is 17.6 Å². The van der Waals surface area contributed by atoms with E-state index in [2.05, 4.69) is 22.2 Å². The van der Waals surface area contributed by atoms with Gasteiger partial charge in [-0.25, -0.2) is 9.67 Å². The van der Waals surface area contributed by atoms with Gasteiger partial charge < -0.3 is 14.4 Å². The average molecular weight is 597 g/mol. The first-order valence-electron chi connectivity index (χ1n) is 14.0. The molecule has 2 aliphatic rings. The molecule has 0 radical (unpaired) electrons. The van der Waals surface area contributed by atoms with Crippen molar-refractivity contribution < 1.29 is 27.4 Å². The second-order valence-corrected chi connectivity index (χ2v) is 11.7. The highest BCUT2D eigenvalue weighted by Crippen LogP contribution is 2.35. The number of ether oxygens (including phenoxy) is 2. The summed E-state index contributed by atoms with van der Waals surface area (Å²) in [4.78, 5) is 20.0. The number of thiophene rings is 1. The van der Waals surface area contributed by atoms with Gasteiger partial charge in [-0.2, -0.15) is 18.3 Å². The lowest BCUT2D eigenvalue weighted by Crippen LogP contribution is -2.41. The van der Waals surface area contributed by atoms with E-state index in [1.54, 1.807) is 12.1 Å². The van der Waals surface area contributed by atoms with Gasteiger partial charge in [0.05, 0.1) is 29.3 Å². The minimum Gasteiger partial charge on any atom is -0.489 e. The summed E-state index contributed by atoms with van der Waals surface area (Å²) < 4.78 is 52.6. The Labute approximate surface area is 245 Å². The number of aromatic nitrogens is 3. The first-order chi connectivity index (χ1) is 20.3. The van der Waals surface area contributed by atoms with Crippen molar-refractivity contribution in [1.82, 2.24) is 19.7 Å². The lowest BCUT2D eigenvalue weighted by atomic mass is 9.88. The Balaban J connectivity index is 1.10. The van der Waals surface area contributed by atoms with Gasteiger partial charge in [-0.05, 0) is 78.9 Å². The minimum atomic E-state index is -4.54. The Bertz CT molecular complexity index is 1550. The molecule has 0 N–H and O–H groups in total. The van der Waals surface area contributed by atoms with E-state index in [9.17, 15) is 18.0 Å². The standard InChI is InChI=1S/C31H31F3N4O3S/c1-20-17-22(21-8-13-37(14-9-21)30(39)24-10-15-40-18-24)5-6-26(20)41-19-23-11-16-42-29(23)25-3-2-4-28(36-25)38-27(7-12-35-38)31(32,33)34/h2-7,11-12,16-17,21,24H,8-10,13-15,18-19H2,1H3. The van der Waals surface area contributed by atoms with E-state index < -0.39 is 11.9 Å². The molecular weight excluding hydrogens is 565 g/mol. The van der Waals surface area contributed by atoms with Crippen molar-refractivity contribution in [3.63, 3.8) is 0 Å². The second-order valence-electron chi connectivity index (χ2n) is 10.8. The van der Waals surface area contributed by atoms with Crippen molar-refractivity contribution in [2.45, 2.75) is 44.9 Å². The Hall–Kier alpha value is -3.70. The van der Waals surface area contributed by atoms with Crippen LogP contribution < -0.4 is 4.74 Å². The molecule has 2 fully saturated rings. The number of benzene rings is 1. The summed E-state index contributed by atoms with van der Waals surface area (Å²) >= 11 is 1.46. The Kier molecular flexibility index (Phi) is 8.04. The van der Waals surface area contributed by atoms with Crippen LogP contribution in [0.15, 0.2) is 60.1 Å². The number of likely N-dealkylation sites (tertiary alicyclic amines) is 1. The third-order valence-corrected chi connectivity index (χ3v) is 8.98. The second kappa shape index (κ2) is 11.9. The molecular formula is C31H31F3N4O3S. The Morgan fingerprint density at radius 3 is 2.69 bits per heavy atom. The molecule has 1 unspecified atom stereocenters. The van der Waals surface area contributed by atoms with Crippen LogP contribution in [0.2, 0.25) is 0 Å². The van der Waals surface area contributed by atoms with Crippen LogP contribution in [0.1, 0.15) is 47.6 Å². The summed E-state index contributed by atoms with van der Waals surface area (Å²) in [6.45, 7) is 5.09. The normalized spacial score (nSPS) is 18.0. The number of carbonyl (C=O) groups is 1. The quantitative estimate of drug-likeness (QED) is 0.239. The molecule has 3 aromatic heterocycles. The van der Waals surface area contributed by atoms with Crippen LogP contribution in [0.25, 0.3) is 16.4 Å². The van der Waals surface area contributed by atoms with Gasteiger partial charge >= 0.3 is 6.18 Å². The zero-order chi connectivity index (χ0) is 29.3. The maximum absolute atomic E-state index is 13.4. The molecule has 1 atom stereocenters. The van der Waals surface area contributed by atoms with Crippen molar-refractivity contribution in [2.24, 2.45) is 5.92 Å². The first-order valence-corrected chi connectivity index (χ1v) is 14.9. The van der Waals surface area contributed by atoms with E-state index in [4.69, 9.17) is 9.47 Å². The number of hydrogen-bond donors (Lipinski definition) is 0. The van der Waals surface area contributed by atoms with Crippen LogP contribution in [0, 0.1) is 12.8 Å². The number of hydrogen-bond acceptors (Lipinski definition) is 6. The van der Waals surface area contributed by atoms with Crippen LogP contribution in [-0.4, -0.2) is 51.9 Å². The molecule has 42 heavy (non-hydrogen) atoms. The molecule has 220 valence electrons. The van der Waals surface area contributed by atoms with Gasteiger partial charge in [-0.1, -0.05) is 18.2 Å². The maximum Gasteiger partial charge on any atom is 0.433 e. The molecule has 7 nitrogen and oxygen atoms in total. The minimum absolute atomic E-state index is 0.0160. The highest BCUT2D eigenvalue weighted by Gasteiger charge is 2.35. The largest absolute Gasteiger partial charge is 0.489 e. The molecule has 2 aliphatic heterocycles. The van der Waals surface area contributed by atoms with E-state index in [1.807, 2.05) is 29.3 Å². The van der Waals surface area contributed by atoms with Crippen molar-refractivity contribution in [2.75, 3.05) is 26.3 Å². The maximum atomic E-state index is 13.4. The van der Waals surface area contributed by atoms with E-state index in [0.29, 0.717) is 31.4 Å². The summed E-state index contributed by atoms with van der Waals surface area (Å²) in [5, 5.41) is 5.76. The highest BCUT2D eigenvalue weighted by atomic mass is 32.1. The number of piperidine rings is 1. The predicted octanol–water partition coefficient (Wildman–Crippen LogP) is 6.64. The van der Waals surface area contributed by atoms with Crippen LogP contribution in [-0.2, 0) is 22.3 Å². The lowest BCUT2D eigenvalue weighted by molar-refractivity contribution is -0.143. The molecule has 0 aliphatic carbocycles. The molecule has 5 heterocycles. The monoisotopic (exact) mass is 596 g/mol. The number of alkyl halides is 3. The molecule has 1 amide bonds. The summed E-state index contributed by atoms with van der Waals surface area (Å²) in [5.74, 6) is 1.52. The third-order valence-electron chi connectivity index (χ3n) is 8.00. The van der Waals surface area contributed by atoms with Gasteiger partial charge in [-0.3, -0.25) is 4.79 Å². The van der Waals surface area contributed by atoms with Gasteiger partial charge in [0.1, 0.15) is 18.1 Å². The SMILES string of the molecule is Cc1cc(C2CCN(C(=O)C3CCOC3)CC2)ccc1OCc1ccsc1-c1cccc(-n2nccc2C(F)(F)F)n1. The number of carbonyl (C=O) groups excluding carboxylic acids is 1. The summed E-state index contributed by atoms with van der Waals surface area (Å²) in [6.07, 6.45) is -0.724. The van der Waals surface area contributed by atoms with Crippen molar-refractivity contribution in [3.05, 3.63) is 82.5 Å². The van der Waals surface area contributed by atoms with E-state index >= 15 is 0 Å². The molecule has 0 saturated carbocycles. The number of rotatable bonds is 7. The molecule has 11 heteroatoms. The van der Waals surface area contributed by atoms with Gasteiger partial charge in [0.15, 0.2) is 5.82 Å². The van der Waals surface area contributed by atoms with E-state index in [0.717, 1.165) is 71.1 Å². The smallest absolute Gasteiger partial charge is 0.433 e. The van der Waals surface area contributed by atoms with Crippen LogP contribution >= 0.6 is 11.3 Å². The molecule has 0 bridgehead atoms. The van der Waals surface area contributed by atoms with Crippen molar-refractivity contribution in [3.8, 4) is 22.1 Å². The molecule has 4 aromatic rings. The van der Waals surface area contributed by atoms with Crippen molar-refractivity contribution in [1.29, 1.82) is 0 Å². The number of nitrogens with zero attached hydrogens (tertiary/aromatic N) is 4. The molecule has 1 aromatic carbocycles. The molecule has 0 spiro atoms. The topological polar surface area (TPSA) is 69.5 Å². The number of aryl methyl sites for hydroxylation is 1. The van der Waals surface area contributed by atoms with Crippen LogP contribution in [0.5, 0.6) is 5.75 Å². The Morgan fingerprint density at radius 1 is 1.12 bits per heavy atom. The zero-order valence-corrected chi connectivity index (χ0v) is 24.0. The van der Waals surface area contributed by atoms with Crippen molar-refractivity contribution >= 4 is 17.2 Å². The molecule has 2 saturated heterocycles. The fraction of sp³-hybridized carbons (Fsp3) is 0.387. The van der Waals surface area contributed by atoms with Gasteiger partial charge in [0.25, 0.3) is 0 Å². The fourth-order valence-corrected chi connectivity index (χ4v) is 6.59. The average Bonchev–Trinajstić information content (AvgIpc) is 3.78. The number of halogens is 3. The van der Waals surface area contributed by atoms with Gasteiger partial charge in [0, 0.05) is 25.3 Å². The van der Waals surface area contributed by atoms with E-state index in [1.165, 1.54) is 23.0 Å². The lowest BCUT2D eigenvalue weighted by Gasteiger charge is -2.33. The predicted molar refractivity (Wildman–Crippen MR) is 153 cm³/mol. The zero-order valence-electron chi connectivity index (χ0n) is 23.1. The molecule has 6 rings (SSSR count). The highest BCUT2D eigenvalue weighted by molar-refractivity contribution is 7.13. The third kappa shape index (κ3) is 5.94.